The second-order valence-electron chi connectivity index (χ2n) is 7.82. The fourth-order valence-electron chi connectivity index (χ4n) is 4.55. The Balaban J connectivity index is 1.45. The van der Waals surface area contributed by atoms with Crippen LogP contribution >= 0.6 is 0 Å². The maximum Gasteiger partial charge on any atom is 0.239 e. The van der Waals surface area contributed by atoms with Gasteiger partial charge >= 0.3 is 0 Å². The number of hydrogen-bond acceptors (Lipinski definition) is 3. The molecular formula is C19H33N3O2. The fraction of sp³-hybridized carbons (Fsp3) is 0.895. The molecule has 136 valence electrons. The molecule has 2 aliphatic heterocycles. The van der Waals surface area contributed by atoms with E-state index in [9.17, 15) is 9.59 Å². The summed E-state index contributed by atoms with van der Waals surface area (Å²) in [6.07, 6.45) is 13.0. The van der Waals surface area contributed by atoms with Gasteiger partial charge in [0.05, 0.1) is 6.54 Å². The molecule has 5 heteroatoms. The molecule has 24 heavy (non-hydrogen) atoms. The molecule has 3 rings (SSSR count). The molecule has 5 nitrogen and oxygen atoms in total. The highest BCUT2D eigenvalue weighted by molar-refractivity contribution is 5.85. The van der Waals surface area contributed by atoms with Gasteiger partial charge in [0.25, 0.3) is 0 Å². The van der Waals surface area contributed by atoms with Crippen LogP contribution in [0.4, 0.5) is 0 Å². The largest absolute Gasteiger partial charge is 0.351 e. The van der Waals surface area contributed by atoms with E-state index in [4.69, 9.17) is 0 Å². The summed E-state index contributed by atoms with van der Waals surface area (Å²) in [6, 6.07) is 0.977. The Morgan fingerprint density at radius 3 is 2.50 bits per heavy atom. The predicted octanol–water partition coefficient (Wildman–Crippen LogP) is 2.30. The van der Waals surface area contributed by atoms with Crippen LogP contribution in [0.15, 0.2) is 0 Å². The van der Waals surface area contributed by atoms with Crippen LogP contribution in [0.1, 0.15) is 70.6 Å². The fourth-order valence-corrected chi connectivity index (χ4v) is 4.55. The quantitative estimate of drug-likeness (QED) is 0.802. The normalized spacial score (nSPS) is 27.8. The van der Waals surface area contributed by atoms with Crippen molar-refractivity contribution >= 4 is 11.8 Å². The van der Waals surface area contributed by atoms with Crippen LogP contribution in [-0.2, 0) is 9.59 Å². The van der Waals surface area contributed by atoms with E-state index in [0.29, 0.717) is 6.42 Å². The van der Waals surface area contributed by atoms with Gasteiger partial charge in [-0.25, -0.2) is 0 Å². The molecule has 0 bridgehead atoms. The van der Waals surface area contributed by atoms with Gasteiger partial charge in [0.2, 0.25) is 11.8 Å². The van der Waals surface area contributed by atoms with Crippen molar-refractivity contribution in [3.05, 3.63) is 0 Å². The minimum absolute atomic E-state index is 0.0259. The maximum absolute atomic E-state index is 12.3. The van der Waals surface area contributed by atoms with Crippen molar-refractivity contribution in [2.24, 2.45) is 0 Å². The monoisotopic (exact) mass is 335 g/mol. The molecule has 1 atom stereocenters. The highest BCUT2D eigenvalue weighted by Crippen LogP contribution is 2.24. The summed E-state index contributed by atoms with van der Waals surface area (Å²) in [4.78, 5) is 28.5. The summed E-state index contributed by atoms with van der Waals surface area (Å²) < 4.78 is 0. The molecule has 0 spiro atoms. The van der Waals surface area contributed by atoms with E-state index < -0.39 is 0 Å². The molecule has 0 aromatic heterocycles. The topological polar surface area (TPSA) is 52.7 Å². The van der Waals surface area contributed by atoms with E-state index in [1.807, 2.05) is 0 Å². The van der Waals surface area contributed by atoms with Gasteiger partial charge in [0.1, 0.15) is 0 Å². The first kappa shape index (κ1) is 17.7. The minimum Gasteiger partial charge on any atom is -0.351 e. The first-order chi connectivity index (χ1) is 11.7. The van der Waals surface area contributed by atoms with Crippen molar-refractivity contribution in [2.75, 3.05) is 26.2 Å². The number of nitrogens with zero attached hydrogens (tertiary/aromatic N) is 2. The lowest BCUT2D eigenvalue weighted by molar-refractivity contribution is -0.138. The number of amides is 2. The van der Waals surface area contributed by atoms with Crippen LogP contribution in [-0.4, -0.2) is 59.9 Å². The summed E-state index contributed by atoms with van der Waals surface area (Å²) in [5, 5.41) is 3.20. The van der Waals surface area contributed by atoms with Gasteiger partial charge < -0.3 is 10.2 Å². The van der Waals surface area contributed by atoms with Gasteiger partial charge in [-0.2, -0.15) is 0 Å². The average molecular weight is 335 g/mol. The highest BCUT2D eigenvalue weighted by Gasteiger charge is 2.28. The number of piperidine rings is 2. The third-order valence-corrected chi connectivity index (χ3v) is 5.91. The van der Waals surface area contributed by atoms with Crippen molar-refractivity contribution < 1.29 is 9.59 Å². The van der Waals surface area contributed by atoms with Gasteiger partial charge in [-0.05, 0) is 45.1 Å². The Morgan fingerprint density at radius 1 is 0.958 bits per heavy atom. The summed E-state index contributed by atoms with van der Waals surface area (Å²) in [5.74, 6) is 0.165. The summed E-state index contributed by atoms with van der Waals surface area (Å²) in [5.41, 5.74) is 0. The first-order valence-electron chi connectivity index (χ1n) is 10.0. The van der Waals surface area contributed by atoms with E-state index in [1.54, 1.807) is 4.90 Å². The molecule has 2 saturated heterocycles. The number of nitrogens with one attached hydrogen (secondary N) is 1. The van der Waals surface area contributed by atoms with Gasteiger partial charge in [0.15, 0.2) is 0 Å². The standard InChI is InChI=1S/C19H33N3O2/c23-18(15-22-12-6-5-11-19(22)24)20-16-8-7-13-21(14-16)17-9-3-1-2-4-10-17/h16-17H,1-15H2,(H,20,23)/t16-/m0/s1. The van der Waals surface area contributed by atoms with E-state index in [1.165, 1.54) is 51.5 Å². The summed E-state index contributed by atoms with van der Waals surface area (Å²) in [7, 11) is 0. The van der Waals surface area contributed by atoms with E-state index >= 15 is 0 Å². The molecule has 1 N–H and O–H groups in total. The lowest BCUT2D eigenvalue weighted by Crippen LogP contribution is -2.53. The summed E-state index contributed by atoms with van der Waals surface area (Å²) >= 11 is 0. The Labute approximate surface area is 146 Å². The van der Waals surface area contributed by atoms with Crippen LogP contribution in [0.3, 0.4) is 0 Å². The molecule has 3 aliphatic rings. The van der Waals surface area contributed by atoms with E-state index in [0.717, 1.165) is 38.4 Å². The van der Waals surface area contributed by atoms with Crippen molar-refractivity contribution in [1.82, 2.24) is 15.1 Å². The van der Waals surface area contributed by atoms with Gasteiger partial charge in [-0.15, -0.1) is 0 Å². The zero-order valence-electron chi connectivity index (χ0n) is 15.0. The van der Waals surface area contributed by atoms with Gasteiger partial charge in [0, 0.05) is 31.6 Å². The van der Waals surface area contributed by atoms with Crippen LogP contribution in [0.2, 0.25) is 0 Å². The van der Waals surface area contributed by atoms with Gasteiger partial charge in [-0.1, -0.05) is 25.7 Å². The second-order valence-corrected chi connectivity index (χ2v) is 7.82. The van der Waals surface area contributed by atoms with Crippen LogP contribution < -0.4 is 5.32 Å². The van der Waals surface area contributed by atoms with Gasteiger partial charge in [-0.3, -0.25) is 14.5 Å². The zero-order valence-corrected chi connectivity index (χ0v) is 15.0. The molecule has 1 saturated carbocycles. The highest BCUT2D eigenvalue weighted by atomic mass is 16.2. The third-order valence-electron chi connectivity index (χ3n) is 5.91. The average Bonchev–Trinajstić information content (AvgIpc) is 2.86. The number of hydrogen-bond donors (Lipinski definition) is 1. The van der Waals surface area contributed by atoms with Crippen LogP contribution in [0.25, 0.3) is 0 Å². The third kappa shape index (κ3) is 4.95. The predicted molar refractivity (Wildman–Crippen MR) is 94.7 cm³/mol. The van der Waals surface area contributed by atoms with Crippen molar-refractivity contribution in [2.45, 2.75) is 82.7 Å². The number of carbonyl (C=O) groups is 2. The molecule has 0 radical (unpaired) electrons. The lowest BCUT2D eigenvalue weighted by Gasteiger charge is -2.38. The SMILES string of the molecule is O=C(CN1CCCCC1=O)N[C@H]1CCCN(C2CCCCCC2)C1. The Bertz CT molecular complexity index is 432. The molecule has 0 unspecified atom stereocenters. The lowest BCUT2D eigenvalue weighted by atomic mass is 10.00. The smallest absolute Gasteiger partial charge is 0.239 e. The Hall–Kier alpha value is -1.10. The van der Waals surface area contributed by atoms with E-state index in [2.05, 4.69) is 10.2 Å². The van der Waals surface area contributed by atoms with Crippen LogP contribution in [0.5, 0.6) is 0 Å². The molecule has 2 heterocycles. The molecular weight excluding hydrogens is 302 g/mol. The van der Waals surface area contributed by atoms with Crippen molar-refractivity contribution in [3.63, 3.8) is 0 Å². The van der Waals surface area contributed by atoms with E-state index in [-0.39, 0.29) is 24.4 Å². The molecule has 1 aliphatic carbocycles. The molecule has 2 amide bonds. The van der Waals surface area contributed by atoms with Crippen molar-refractivity contribution in [1.29, 1.82) is 0 Å². The maximum atomic E-state index is 12.3. The first-order valence-corrected chi connectivity index (χ1v) is 10.0. The zero-order chi connectivity index (χ0) is 16.8. The summed E-state index contributed by atoms with van der Waals surface area (Å²) in [6.45, 7) is 3.16. The van der Waals surface area contributed by atoms with Crippen molar-refractivity contribution in [3.8, 4) is 0 Å². The second kappa shape index (κ2) is 8.84. The Kier molecular flexibility index (Phi) is 6.52. The molecule has 0 aromatic rings. The number of likely N-dealkylation sites (tertiary alicyclic amines) is 2. The number of rotatable bonds is 4. The minimum atomic E-state index is 0.0259. The molecule has 3 fully saturated rings. The van der Waals surface area contributed by atoms with Crippen LogP contribution in [0, 0.1) is 0 Å². The number of carbonyl (C=O) groups excluding carboxylic acids is 2. The Morgan fingerprint density at radius 2 is 1.75 bits per heavy atom. The molecule has 0 aromatic carbocycles.